The molecule has 6 nitrogen and oxygen atoms in total. The molecule has 1 amide bonds. The minimum atomic E-state index is -0.852. The van der Waals surface area contributed by atoms with Crippen LogP contribution in [0, 0.1) is 6.92 Å². The summed E-state index contributed by atoms with van der Waals surface area (Å²) in [6.45, 7) is 7.11. The number of amides is 1. The summed E-state index contributed by atoms with van der Waals surface area (Å²) in [5.41, 5.74) is 0.167. The third-order valence-electron chi connectivity index (χ3n) is 2.07. The van der Waals surface area contributed by atoms with Crippen molar-refractivity contribution >= 4 is 28.5 Å². The Hall–Kier alpha value is -1.63. The number of aliphatic carboxylic acids is 1. The van der Waals surface area contributed by atoms with E-state index in [-0.39, 0.29) is 6.42 Å². The van der Waals surface area contributed by atoms with E-state index in [0.717, 1.165) is 10.6 Å². The molecule has 1 aromatic heterocycles. The molecule has 0 spiro atoms. The van der Waals surface area contributed by atoms with Gasteiger partial charge in [-0.3, -0.25) is 10.1 Å². The Bertz CT molecular complexity index is 477. The van der Waals surface area contributed by atoms with Crippen LogP contribution in [0.4, 0.5) is 9.93 Å². The molecule has 0 aliphatic carbocycles. The predicted octanol–water partition coefficient (Wildman–Crippen LogP) is 2.82. The van der Waals surface area contributed by atoms with E-state index >= 15 is 0 Å². The molecular weight excluding hydrogens is 268 g/mol. The summed E-state index contributed by atoms with van der Waals surface area (Å²) in [5, 5.41) is 11.6. The van der Waals surface area contributed by atoms with Crippen LogP contribution in [0.25, 0.3) is 0 Å². The highest BCUT2D eigenvalue weighted by Crippen LogP contribution is 2.24. The van der Waals surface area contributed by atoms with Crippen molar-refractivity contribution in [2.45, 2.75) is 46.1 Å². The Morgan fingerprint density at radius 2 is 2.05 bits per heavy atom. The molecule has 0 atom stereocenters. The normalized spacial score (nSPS) is 11.2. The standard InChI is InChI=1S/C12H18N2O4S/c1-7-8(5-6-9(15)16)19-10(13-7)14-11(17)18-12(2,3)4/h5-6H2,1-4H3,(H,15,16)(H,13,14,17). The number of rotatable bonds is 4. The van der Waals surface area contributed by atoms with Gasteiger partial charge >= 0.3 is 12.1 Å². The summed E-state index contributed by atoms with van der Waals surface area (Å²) in [4.78, 5) is 27.1. The molecule has 2 N–H and O–H groups in total. The van der Waals surface area contributed by atoms with Crippen LogP contribution < -0.4 is 5.32 Å². The minimum Gasteiger partial charge on any atom is -0.481 e. The molecule has 1 heterocycles. The molecule has 0 radical (unpaired) electrons. The van der Waals surface area contributed by atoms with Gasteiger partial charge in [-0.25, -0.2) is 9.78 Å². The van der Waals surface area contributed by atoms with Gasteiger partial charge in [-0.2, -0.15) is 0 Å². The first-order valence-electron chi connectivity index (χ1n) is 5.85. The number of thiazole rings is 1. The van der Waals surface area contributed by atoms with E-state index < -0.39 is 17.7 Å². The number of hydrogen-bond acceptors (Lipinski definition) is 5. The Morgan fingerprint density at radius 1 is 1.42 bits per heavy atom. The number of carboxylic acid groups (broad SMARTS) is 1. The first-order chi connectivity index (χ1) is 8.67. The molecule has 0 bridgehead atoms. The Labute approximate surface area is 115 Å². The summed E-state index contributed by atoms with van der Waals surface area (Å²) in [6, 6.07) is 0. The van der Waals surface area contributed by atoms with Crippen molar-refractivity contribution in [3.05, 3.63) is 10.6 Å². The van der Waals surface area contributed by atoms with Gasteiger partial charge < -0.3 is 9.84 Å². The van der Waals surface area contributed by atoms with Gasteiger partial charge in [0.2, 0.25) is 0 Å². The van der Waals surface area contributed by atoms with E-state index in [1.54, 1.807) is 27.7 Å². The molecule has 0 fully saturated rings. The maximum atomic E-state index is 11.6. The highest BCUT2D eigenvalue weighted by Gasteiger charge is 2.18. The SMILES string of the molecule is Cc1nc(NC(=O)OC(C)(C)C)sc1CCC(=O)O. The lowest BCUT2D eigenvalue weighted by molar-refractivity contribution is -0.136. The van der Waals surface area contributed by atoms with E-state index in [1.807, 2.05) is 0 Å². The second-order valence-electron chi connectivity index (χ2n) is 5.05. The highest BCUT2D eigenvalue weighted by atomic mass is 32.1. The van der Waals surface area contributed by atoms with Gasteiger partial charge in [0.15, 0.2) is 5.13 Å². The molecule has 1 rings (SSSR count). The van der Waals surface area contributed by atoms with Gasteiger partial charge in [0.25, 0.3) is 0 Å². The second kappa shape index (κ2) is 6.01. The average molecular weight is 286 g/mol. The van der Waals surface area contributed by atoms with Crippen molar-refractivity contribution in [3.63, 3.8) is 0 Å². The minimum absolute atomic E-state index is 0.0505. The van der Waals surface area contributed by atoms with Gasteiger partial charge in [0.1, 0.15) is 5.60 Å². The quantitative estimate of drug-likeness (QED) is 0.888. The average Bonchev–Trinajstić information content (AvgIpc) is 2.52. The Morgan fingerprint density at radius 3 is 2.58 bits per heavy atom. The zero-order valence-electron chi connectivity index (χ0n) is 11.4. The van der Waals surface area contributed by atoms with Crippen LogP contribution in [-0.4, -0.2) is 27.8 Å². The second-order valence-corrected chi connectivity index (χ2v) is 6.13. The molecule has 0 unspecified atom stereocenters. The summed E-state index contributed by atoms with van der Waals surface area (Å²) in [5.74, 6) is -0.852. The van der Waals surface area contributed by atoms with Gasteiger partial charge in [-0.15, -0.1) is 11.3 Å². The number of aromatic nitrogens is 1. The fourth-order valence-electron chi connectivity index (χ4n) is 1.32. The monoisotopic (exact) mass is 286 g/mol. The Kier molecular flexibility index (Phi) is 4.88. The van der Waals surface area contributed by atoms with Crippen LogP contribution >= 0.6 is 11.3 Å². The summed E-state index contributed by atoms with van der Waals surface area (Å²) < 4.78 is 5.11. The summed E-state index contributed by atoms with van der Waals surface area (Å²) in [7, 11) is 0. The van der Waals surface area contributed by atoms with E-state index in [9.17, 15) is 9.59 Å². The summed E-state index contributed by atoms with van der Waals surface area (Å²) >= 11 is 1.27. The Balaban J connectivity index is 2.63. The lowest BCUT2D eigenvalue weighted by atomic mass is 10.2. The maximum Gasteiger partial charge on any atom is 0.413 e. The molecule has 0 saturated carbocycles. The smallest absolute Gasteiger partial charge is 0.413 e. The maximum absolute atomic E-state index is 11.6. The lowest BCUT2D eigenvalue weighted by Gasteiger charge is -2.18. The fraction of sp³-hybridized carbons (Fsp3) is 0.583. The molecule has 1 aromatic rings. The van der Waals surface area contributed by atoms with Crippen molar-refractivity contribution < 1.29 is 19.4 Å². The molecule has 0 aromatic carbocycles. The van der Waals surface area contributed by atoms with Crippen LogP contribution in [0.3, 0.4) is 0 Å². The zero-order valence-corrected chi connectivity index (χ0v) is 12.3. The number of carbonyl (C=O) groups excluding carboxylic acids is 1. The van der Waals surface area contributed by atoms with Crippen LogP contribution in [-0.2, 0) is 16.0 Å². The van der Waals surface area contributed by atoms with Crippen molar-refractivity contribution in [1.82, 2.24) is 4.98 Å². The van der Waals surface area contributed by atoms with E-state index in [2.05, 4.69) is 10.3 Å². The molecular formula is C12H18N2O4S. The van der Waals surface area contributed by atoms with Crippen LogP contribution in [0.15, 0.2) is 0 Å². The predicted molar refractivity (Wildman–Crippen MR) is 72.7 cm³/mol. The highest BCUT2D eigenvalue weighted by molar-refractivity contribution is 7.15. The van der Waals surface area contributed by atoms with Crippen molar-refractivity contribution in [3.8, 4) is 0 Å². The number of carboxylic acids is 1. The van der Waals surface area contributed by atoms with E-state index in [4.69, 9.17) is 9.84 Å². The number of carbonyl (C=O) groups is 2. The molecule has 7 heteroatoms. The van der Waals surface area contributed by atoms with Gasteiger partial charge in [-0.05, 0) is 34.1 Å². The van der Waals surface area contributed by atoms with Crippen molar-refractivity contribution in [1.29, 1.82) is 0 Å². The van der Waals surface area contributed by atoms with E-state index in [0.29, 0.717) is 11.6 Å². The third kappa shape index (κ3) is 5.69. The lowest BCUT2D eigenvalue weighted by Crippen LogP contribution is -2.27. The number of aryl methyl sites for hydroxylation is 2. The molecule has 19 heavy (non-hydrogen) atoms. The van der Waals surface area contributed by atoms with Gasteiger partial charge in [0.05, 0.1) is 12.1 Å². The number of hydrogen-bond donors (Lipinski definition) is 2. The van der Waals surface area contributed by atoms with Crippen molar-refractivity contribution in [2.24, 2.45) is 0 Å². The van der Waals surface area contributed by atoms with Gasteiger partial charge in [0, 0.05) is 4.88 Å². The third-order valence-corrected chi connectivity index (χ3v) is 3.20. The van der Waals surface area contributed by atoms with Crippen molar-refractivity contribution in [2.75, 3.05) is 5.32 Å². The molecule has 0 saturated heterocycles. The first kappa shape index (κ1) is 15.4. The number of nitrogens with zero attached hydrogens (tertiary/aromatic N) is 1. The van der Waals surface area contributed by atoms with Crippen LogP contribution in [0.1, 0.15) is 37.8 Å². The number of ether oxygens (including phenoxy) is 1. The van der Waals surface area contributed by atoms with E-state index in [1.165, 1.54) is 11.3 Å². The topological polar surface area (TPSA) is 88.5 Å². The first-order valence-corrected chi connectivity index (χ1v) is 6.67. The molecule has 0 aliphatic rings. The molecule has 106 valence electrons. The molecule has 0 aliphatic heterocycles. The number of nitrogens with one attached hydrogen (secondary N) is 1. The summed E-state index contributed by atoms with van der Waals surface area (Å²) in [6.07, 6.45) is -0.102. The van der Waals surface area contributed by atoms with Crippen LogP contribution in [0.2, 0.25) is 0 Å². The zero-order chi connectivity index (χ0) is 14.6. The van der Waals surface area contributed by atoms with Gasteiger partial charge in [-0.1, -0.05) is 0 Å². The fourth-order valence-corrected chi connectivity index (χ4v) is 2.27. The number of anilines is 1. The van der Waals surface area contributed by atoms with Crippen LogP contribution in [0.5, 0.6) is 0 Å². The largest absolute Gasteiger partial charge is 0.481 e.